The molecule has 2 aromatic rings. The van der Waals surface area contributed by atoms with Crippen molar-refractivity contribution >= 4 is 32.7 Å². The number of nitrogen functional groups attached to an aromatic ring is 1. The standard InChI is InChI=1S/C10H12BrN3/c1-6(2)14-10(12)8-5-7(11)3-4-9(8)13-14/h3-6H,12H2,1-2H3. The van der Waals surface area contributed by atoms with E-state index in [0.29, 0.717) is 6.04 Å². The molecule has 3 nitrogen and oxygen atoms in total. The second-order valence-corrected chi connectivity index (χ2v) is 4.50. The normalized spacial score (nSPS) is 11.4. The average molecular weight is 254 g/mol. The van der Waals surface area contributed by atoms with E-state index in [1.807, 2.05) is 22.9 Å². The topological polar surface area (TPSA) is 43.8 Å². The van der Waals surface area contributed by atoms with Crippen LogP contribution in [0.25, 0.3) is 10.9 Å². The van der Waals surface area contributed by atoms with E-state index in [1.165, 1.54) is 0 Å². The summed E-state index contributed by atoms with van der Waals surface area (Å²) >= 11 is 3.42. The summed E-state index contributed by atoms with van der Waals surface area (Å²) < 4.78 is 2.87. The van der Waals surface area contributed by atoms with Gasteiger partial charge in [-0.05, 0) is 32.0 Å². The maximum atomic E-state index is 5.99. The Balaban J connectivity index is 2.74. The molecule has 74 valence electrons. The van der Waals surface area contributed by atoms with Gasteiger partial charge in [0.25, 0.3) is 0 Å². The Labute approximate surface area is 91.0 Å². The minimum Gasteiger partial charge on any atom is -0.383 e. The molecular weight excluding hydrogens is 242 g/mol. The molecule has 1 aromatic heterocycles. The van der Waals surface area contributed by atoms with Gasteiger partial charge in [0.15, 0.2) is 0 Å². The summed E-state index contributed by atoms with van der Waals surface area (Å²) in [6.07, 6.45) is 0. The molecule has 0 aliphatic heterocycles. The van der Waals surface area contributed by atoms with Crippen LogP contribution >= 0.6 is 15.9 Å². The van der Waals surface area contributed by atoms with Crippen molar-refractivity contribution in [2.75, 3.05) is 5.73 Å². The lowest BCUT2D eigenvalue weighted by Gasteiger charge is -2.06. The summed E-state index contributed by atoms with van der Waals surface area (Å²) in [5, 5.41) is 5.43. The smallest absolute Gasteiger partial charge is 0.129 e. The first kappa shape index (κ1) is 9.52. The van der Waals surface area contributed by atoms with E-state index in [4.69, 9.17) is 5.73 Å². The summed E-state index contributed by atoms with van der Waals surface area (Å²) in [5.74, 6) is 0.733. The maximum Gasteiger partial charge on any atom is 0.129 e. The molecule has 4 heteroatoms. The van der Waals surface area contributed by atoms with E-state index in [1.54, 1.807) is 0 Å². The van der Waals surface area contributed by atoms with Crippen LogP contribution in [-0.2, 0) is 0 Å². The number of hydrogen-bond acceptors (Lipinski definition) is 2. The van der Waals surface area contributed by atoms with Gasteiger partial charge in [-0.1, -0.05) is 15.9 Å². The third-order valence-corrected chi connectivity index (χ3v) is 2.68. The molecule has 2 N–H and O–H groups in total. The lowest BCUT2D eigenvalue weighted by Crippen LogP contribution is -2.06. The molecule has 1 heterocycles. The molecule has 0 saturated carbocycles. The molecule has 0 fully saturated rings. The molecule has 14 heavy (non-hydrogen) atoms. The van der Waals surface area contributed by atoms with Gasteiger partial charge in [0.05, 0.1) is 5.52 Å². The highest BCUT2D eigenvalue weighted by atomic mass is 79.9. The van der Waals surface area contributed by atoms with E-state index in [0.717, 1.165) is 21.2 Å². The number of halogens is 1. The monoisotopic (exact) mass is 253 g/mol. The number of nitrogens with two attached hydrogens (primary N) is 1. The van der Waals surface area contributed by atoms with Gasteiger partial charge in [0, 0.05) is 15.9 Å². The summed E-state index contributed by atoms with van der Waals surface area (Å²) in [4.78, 5) is 0. The predicted octanol–water partition coefficient (Wildman–Crippen LogP) is 2.96. The van der Waals surface area contributed by atoms with Gasteiger partial charge in [-0.3, -0.25) is 0 Å². The van der Waals surface area contributed by atoms with Crippen LogP contribution in [-0.4, -0.2) is 9.78 Å². The van der Waals surface area contributed by atoms with Crippen molar-refractivity contribution in [1.29, 1.82) is 0 Å². The Bertz CT molecular complexity index is 473. The molecule has 0 spiro atoms. The van der Waals surface area contributed by atoms with Gasteiger partial charge in [0.1, 0.15) is 5.82 Å². The fourth-order valence-electron chi connectivity index (χ4n) is 1.49. The number of benzene rings is 1. The SMILES string of the molecule is CC(C)n1nc2ccc(Br)cc2c1N. The van der Waals surface area contributed by atoms with Crippen molar-refractivity contribution < 1.29 is 0 Å². The van der Waals surface area contributed by atoms with Crippen LogP contribution in [0.3, 0.4) is 0 Å². The van der Waals surface area contributed by atoms with Crippen LogP contribution in [0.2, 0.25) is 0 Å². The summed E-state index contributed by atoms with van der Waals surface area (Å²) in [6.45, 7) is 4.13. The minimum absolute atomic E-state index is 0.293. The lowest BCUT2D eigenvalue weighted by molar-refractivity contribution is 0.545. The quantitative estimate of drug-likeness (QED) is 0.850. The van der Waals surface area contributed by atoms with Crippen LogP contribution in [0.15, 0.2) is 22.7 Å². The van der Waals surface area contributed by atoms with Crippen LogP contribution in [0, 0.1) is 0 Å². The molecule has 0 aliphatic carbocycles. The summed E-state index contributed by atoms with van der Waals surface area (Å²) in [6, 6.07) is 6.23. The lowest BCUT2D eigenvalue weighted by atomic mass is 10.2. The van der Waals surface area contributed by atoms with Crippen LogP contribution < -0.4 is 5.73 Å². The maximum absolute atomic E-state index is 5.99. The predicted molar refractivity (Wildman–Crippen MR) is 62.2 cm³/mol. The molecular formula is C10H12BrN3. The zero-order chi connectivity index (χ0) is 10.3. The Morgan fingerprint density at radius 2 is 2.14 bits per heavy atom. The van der Waals surface area contributed by atoms with Gasteiger partial charge in [-0.2, -0.15) is 5.10 Å². The third kappa shape index (κ3) is 1.39. The zero-order valence-corrected chi connectivity index (χ0v) is 9.75. The summed E-state index contributed by atoms with van der Waals surface area (Å²) in [7, 11) is 0. The zero-order valence-electron chi connectivity index (χ0n) is 8.16. The van der Waals surface area contributed by atoms with Crippen molar-refractivity contribution in [3.8, 4) is 0 Å². The number of rotatable bonds is 1. The molecule has 1 aromatic carbocycles. The number of fused-ring (bicyclic) bond motifs is 1. The van der Waals surface area contributed by atoms with Crippen LogP contribution in [0.4, 0.5) is 5.82 Å². The Kier molecular flexibility index (Phi) is 2.23. The third-order valence-electron chi connectivity index (χ3n) is 2.19. The van der Waals surface area contributed by atoms with Crippen LogP contribution in [0.1, 0.15) is 19.9 Å². The molecule has 0 radical (unpaired) electrons. The average Bonchev–Trinajstić information content (AvgIpc) is 2.44. The highest BCUT2D eigenvalue weighted by Gasteiger charge is 2.10. The second-order valence-electron chi connectivity index (χ2n) is 3.59. The van der Waals surface area contributed by atoms with Gasteiger partial charge in [0.2, 0.25) is 0 Å². The van der Waals surface area contributed by atoms with E-state index in [2.05, 4.69) is 34.9 Å². The van der Waals surface area contributed by atoms with E-state index in [9.17, 15) is 0 Å². The van der Waals surface area contributed by atoms with Crippen LogP contribution in [0.5, 0.6) is 0 Å². The molecule has 0 aliphatic rings. The highest BCUT2D eigenvalue weighted by molar-refractivity contribution is 9.10. The minimum atomic E-state index is 0.293. The second kappa shape index (κ2) is 3.28. The Morgan fingerprint density at radius 3 is 2.79 bits per heavy atom. The molecule has 0 unspecified atom stereocenters. The van der Waals surface area contributed by atoms with Crippen molar-refractivity contribution in [2.24, 2.45) is 0 Å². The van der Waals surface area contributed by atoms with Crippen molar-refractivity contribution in [3.63, 3.8) is 0 Å². The van der Waals surface area contributed by atoms with Gasteiger partial charge < -0.3 is 5.73 Å². The molecule has 0 amide bonds. The number of nitrogens with zero attached hydrogens (tertiary/aromatic N) is 2. The van der Waals surface area contributed by atoms with Crippen molar-refractivity contribution in [2.45, 2.75) is 19.9 Å². The number of hydrogen-bond donors (Lipinski definition) is 1. The molecule has 0 saturated heterocycles. The largest absolute Gasteiger partial charge is 0.383 e. The van der Waals surface area contributed by atoms with Gasteiger partial charge in [-0.25, -0.2) is 4.68 Å². The number of anilines is 1. The van der Waals surface area contributed by atoms with Crippen molar-refractivity contribution in [1.82, 2.24) is 9.78 Å². The highest BCUT2D eigenvalue weighted by Crippen LogP contribution is 2.26. The molecule has 2 rings (SSSR count). The summed E-state index contributed by atoms with van der Waals surface area (Å²) in [5.41, 5.74) is 6.93. The first-order valence-corrected chi connectivity index (χ1v) is 5.32. The first-order chi connectivity index (χ1) is 6.59. The van der Waals surface area contributed by atoms with E-state index >= 15 is 0 Å². The fourth-order valence-corrected chi connectivity index (χ4v) is 1.85. The molecule has 0 atom stereocenters. The molecule has 0 bridgehead atoms. The fraction of sp³-hybridized carbons (Fsp3) is 0.300. The Morgan fingerprint density at radius 1 is 1.43 bits per heavy atom. The van der Waals surface area contributed by atoms with Gasteiger partial charge >= 0.3 is 0 Å². The Hall–Kier alpha value is -1.03. The number of aromatic nitrogens is 2. The first-order valence-electron chi connectivity index (χ1n) is 4.53. The van der Waals surface area contributed by atoms with E-state index < -0.39 is 0 Å². The van der Waals surface area contributed by atoms with E-state index in [-0.39, 0.29) is 0 Å². The van der Waals surface area contributed by atoms with Crippen molar-refractivity contribution in [3.05, 3.63) is 22.7 Å². The van der Waals surface area contributed by atoms with Gasteiger partial charge in [-0.15, -0.1) is 0 Å².